The Labute approximate surface area is 257 Å². The van der Waals surface area contributed by atoms with E-state index in [1.54, 1.807) is 61.5 Å². The molecule has 4 heterocycles. The van der Waals surface area contributed by atoms with Gasteiger partial charge in [-0.15, -0.1) is 0 Å². The number of hydrogen-bond donors (Lipinski definition) is 0. The Bertz CT molecular complexity index is 2090. The Hall–Kier alpha value is -4.51. The van der Waals surface area contributed by atoms with Gasteiger partial charge < -0.3 is 14.1 Å². The van der Waals surface area contributed by atoms with E-state index in [0.717, 1.165) is 16.9 Å². The molecule has 0 fully saturated rings. The molecule has 43 heavy (non-hydrogen) atoms. The quantitative estimate of drug-likeness (QED) is 0.220. The van der Waals surface area contributed by atoms with Crippen molar-refractivity contribution < 1.29 is 23.5 Å². The van der Waals surface area contributed by atoms with Crippen molar-refractivity contribution in [1.82, 2.24) is 4.98 Å². The summed E-state index contributed by atoms with van der Waals surface area (Å²) in [5, 5.41) is 0.980. The van der Waals surface area contributed by atoms with Gasteiger partial charge in [0.2, 0.25) is 5.76 Å². The summed E-state index contributed by atoms with van der Waals surface area (Å²) in [4.78, 5) is 63.6. The molecular formula is C31H19Cl2N3O6S. The number of halogens is 2. The number of carbonyl (C=O) groups is 3. The number of aromatic nitrogens is 1. The van der Waals surface area contributed by atoms with Crippen LogP contribution in [0.25, 0.3) is 11.0 Å². The smallest absolute Gasteiger partial charge is 0.350 e. The van der Waals surface area contributed by atoms with Gasteiger partial charge in [-0.2, -0.15) is 0 Å². The van der Waals surface area contributed by atoms with Gasteiger partial charge in [-0.3, -0.25) is 19.3 Å². The molecule has 0 bridgehead atoms. The van der Waals surface area contributed by atoms with Crippen LogP contribution in [0.2, 0.25) is 10.0 Å². The first-order chi connectivity index (χ1) is 20.7. The molecule has 0 aliphatic carbocycles. The molecule has 9 nitrogen and oxygen atoms in total. The van der Waals surface area contributed by atoms with Crippen molar-refractivity contribution in [3.8, 4) is 0 Å². The van der Waals surface area contributed by atoms with Crippen LogP contribution in [0.4, 0.5) is 10.8 Å². The van der Waals surface area contributed by atoms with Crippen LogP contribution in [-0.2, 0) is 21.6 Å². The third kappa shape index (κ3) is 3.80. The minimum Gasteiger partial charge on any atom is -0.465 e. The van der Waals surface area contributed by atoms with E-state index in [2.05, 4.69) is 4.98 Å². The maximum absolute atomic E-state index is 15.0. The first-order valence-corrected chi connectivity index (χ1v) is 14.6. The van der Waals surface area contributed by atoms with Gasteiger partial charge in [0.25, 0.3) is 11.8 Å². The first-order valence-electron chi connectivity index (χ1n) is 13.0. The van der Waals surface area contributed by atoms with Crippen LogP contribution in [0.15, 0.2) is 75.9 Å². The van der Waals surface area contributed by atoms with Crippen molar-refractivity contribution in [2.24, 2.45) is 0 Å². The largest absolute Gasteiger partial charge is 0.465 e. The number of para-hydroxylation sites is 1. The lowest BCUT2D eigenvalue weighted by molar-refractivity contribution is -0.121. The molecule has 214 valence electrons. The fourth-order valence-corrected chi connectivity index (χ4v) is 7.16. The van der Waals surface area contributed by atoms with E-state index >= 15 is 0 Å². The molecule has 0 saturated heterocycles. The number of nitrogens with zero attached hydrogens (tertiary/aromatic N) is 3. The fraction of sp³-hybridized carbons (Fsp3) is 0.129. The second kappa shape index (κ2) is 9.77. The molecular weight excluding hydrogens is 613 g/mol. The van der Waals surface area contributed by atoms with Crippen LogP contribution < -0.4 is 15.2 Å². The predicted octanol–water partition coefficient (Wildman–Crippen LogP) is 6.10. The summed E-state index contributed by atoms with van der Waals surface area (Å²) in [6.07, 6.45) is 0. The molecule has 2 amide bonds. The second-order valence-electron chi connectivity index (χ2n) is 10.1. The van der Waals surface area contributed by atoms with E-state index in [4.69, 9.17) is 32.4 Å². The van der Waals surface area contributed by atoms with Crippen LogP contribution in [0.3, 0.4) is 0 Å². The molecule has 0 radical (unpaired) electrons. The Kier molecular flexibility index (Phi) is 6.21. The van der Waals surface area contributed by atoms with Gasteiger partial charge in [-0.05, 0) is 48.9 Å². The highest BCUT2D eigenvalue weighted by atomic mass is 35.5. The highest BCUT2D eigenvalue weighted by Gasteiger charge is 2.66. The molecule has 2 aliphatic rings. The summed E-state index contributed by atoms with van der Waals surface area (Å²) < 4.78 is 11.0. The molecule has 12 heteroatoms. The minimum atomic E-state index is -1.98. The number of aryl methyl sites for hydroxylation is 1. The summed E-state index contributed by atoms with van der Waals surface area (Å²) in [7, 11) is 1.24. The van der Waals surface area contributed by atoms with E-state index < -0.39 is 28.8 Å². The number of esters is 1. The molecule has 1 atom stereocenters. The number of methoxy groups -OCH3 is 1. The second-order valence-corrected chi connectivity index (χ2v) is 11.9. The van der Waals surface area contributed by atoms with Gasteiger partial charge in [-0.1, -0.05) is 64.9 Å². The Morgan fingerprint density at radius 2 is 1.74 bits per heavy atom. The molecule has 2 aliphatic heterocycles. The number of amides is 2. The summed E-state index contributed by atoms with van der Waals surface area (Å²) in [6, 6.07) is 18.5. The van der Waals surface area contributed by atoms with Crippen LogP contribution in [0, 0.1) is 6.92 Å². The lowest BCUT2D eigenvalue weighted by atomic mass is 9.84. The third-order valence-electron chi connectivity index (χ3n) is 7.69. The molecule has 0 saturated carbocycles. The van der Waals surface area contributed by atoms with Crippen molar-refractivity contribution in [2.45, 2.75) is 19.0 Å². The van der Waals surface area contributed by atoms with Crippen LogP contribution in [0.1, 0.15) is 42.6 Å². The van der Waals surface area contributed by atoms with E-state index in [9.17, 15) is 19.2 Å². The Morgan fingerprint density at radius 1 is 1.02 bits per heavy atom. The number of rotatable bonds is 4. The van der Waals surface area contributed by atoms with Gasteiger partial charge in [0.1, 0.15) is 10.5 Å². The number of carbonyl (C=O) groups excluding carboxylic acids is 3. The number of hydrogen-bond acceptors (Lipinski definition) is 8. The standard InChI is InChI=1S/C31H19Cl2N3O6S/c1-15-26(28(39)41-2)43-30(34-15)36-27(38)25-23(24(37)19-13-18(33)11-12-22(19)42-25)31(36)20-5-3-4-6-21(20)35(29(31)40)14-16-7-9-17(32)10-8-16/h3-13H,14H2,1-2H3. The summed E-state index contributed by atoms with van der Waals surface area (Å²) in [5.74, 6) is -2.23. The topological polar surface area (TPSA) is 110 Å². The van der Waals surface area contributed by atoms with Crippen molar-refractivity contribution >= 4 is 74.1 Å². The molecule has 1 spiro atoms. The van der Waals surface area contributed by atoms with E-state index in [-0.39, 0.29) is 43.9 Å². The van der Waals surface area contributed by atoms with Crippen molar-refractivity contribution in [3.05, 3.63) is 120 Å². The van der Waals surface area contributed by atoms with Crippen molar-refractivity contribution in [1.29, 1.82) is 0 Å². The molecule has 5 aromatic rings. The summed E-state index contributed by atoms with van der Waals surface area (Å²) >= 11 is 13.2. The summed E-state index contributed by atoms with van der Waals surface area (Å²) in [6.45, 7) is 1.73. The zero-order valence-electron chi connectivity index (χ0n) is 22.5. The lowest BCUT2D eigenvalue weighted by Crippen LogP contribution is -2.53. The van der Waals surface area contributed by atoms with Crippen molar-refractivity contribution in [3.63, 3.8) is 0 Å². The zero-order chi connectivity index (χ0) is 30.2. The Balaban J connectivity index is 1.55. The van der Waals surface area contributed by atoms with Gasteiger partial charge in [0.15, 0.2) is 16.1 Å². The zero-order valence-corrected chi connectivity index (χ0v) is 24.8. The third-order valence-corrected chi connectivity index (χ3v) is 9.30. The van der Waals surface area contributed by atoms with E-state index in [1.807, 2.05) is 0 Å². The predicted molar refractivity (Wildman–Crippen MR) is 162 cm³/mol. The van der Waals surface area contributed by atoms with Gasteiger partial charge >= 0.3 is 5.97 Å². The van der Waals surface area contributed by atoms with E-state index in [0.29, 0.717) is 22.0 Å². The highest BCUT2D eigenvalue weighted by Crippen LogP contribution is 2.55. The van der Waals surface area contributed by atoms with Crippen molar-refractivity contribution in [2.75, 3.05) is 16.9 Å². The number of fused-ring (bicyclic) bond motifs is 5. The normalized spacial score (nSPS) is 17.2. The monoisotopic (exact) mass is 631 g/mol. The highest BCUT2D eigenvalue weighted by molar-refractivity contribution is 7.17. The van der Waals surface area contributed by atoms with Gasteiger partial charge in [0, 0.05) is 15.6 Å². The number of ether oxygens (including phenoxy) is 1. The van der Waals surface area contributed by atoms with E-state index in [1.165, 1.54) is 29.0 Å². The van der Waals surface area contributed by atoms with Crippen LogP contribution in [-0.4, -0.2) is 29.9 Å². The minimum absolute atomic E-state index is 0.0345. The number of thiazole rings is 1. The van der Waals surface area contributed by atoms with Gasteiger partial charge in [0.05, 0.1) is 36.0 Å². The lowest BCUT2D eigenvalue weighted by Gasteiger charge is -2.32. The average Bonchev–Trinajstić information content (AvgIpc) is 3.59. The molecule has 7 rings (SSSR count). The van der Waals surface area contributed by atoms with Crippen LogP contribution in [0.5, 0.6) is 0 Å². The van der Waals surface area contributed by atoms with Gasteiger partial charge in [-0.25, -0.2) is 9.78 Å². The first kappa shape index (κ1) is 27.3. The molecule has 0 N–H and O–H groups in total. The van der Waals surface area contributed by atoms with Crippen LogP contribution >= 0.6 is 34.5 Å². The number of anilines is 2. The fourth-order valence-electron chi connectivity index (χ4n) is 5.82. The average molecular weight is 632 g/mol. The SMILES string of the molecule is COC(=O)c1sc(N2C(=O)c3oc4ccc(Cl)cc4c(=O)c3C23C(=O)N(Cc2ccc(Cl)cc2)c2ccccc23)nc1C. The Morgan fingerprint density at radius 3 is 2.49 bits per heavy atom. The maximum Gasteiger partial charge on any atom is 0.350 e. The molecule has 2 aromatic heterocycles. The molecule has 1 unspecified atom stereocenters. The summed E-state index contributed by atoms with van der Waals surface area (Å²) in [5.41, 5.74) is -0.592. The molecule has 3 aromatic carbocycles. The maximum atomic E-state index is 15.0. The number of benzene rings is 3.